The fourth-order valence-electron chi connectivity index (χ4n) is 1.41. The molecule has 1 amide bonds. The van der Waals surface area contributed by atoms with Gasteiger partial charge in [-0.1, -0.05) is 22.0 Å². The van der Waals surface area contributed by atoms with Gasteiger partial charge in [0.15, 0.2) is 0 Å². The zero-order valence-electron chi connectivity index (χ0n) is 10.6. The molecule has 0 radical (unpaired) electrons. The van der Waals surface area contributed by atoms with Crippen molar-refractivity contribution in [3.8, 4) is 0 Å². The summed E-state index contributed by atoms with van der Waals surface area (Å²) >= 11 is 3.26. The number of aliphatic imine (C=N–C) groups is 1. The fraction of sp³-hybridized carbons (Fsp3) is 0.231. The number of anilines is 2. The van der Waals surface area contributed by atoms with E-state index >= 15 is 0 Å². The van der Waals surface area contributed by atoms with E-state index in [0.717, 1.165) is 5.56 Å². The highest BCUT2D eigenvalue weighted by Gasteiger charge is 2.12. The second-order valence-corrected chi connectivity index (χ2v) is 5.00. The van der Waals surface area contributed by atoms with E-state index in [-0.39, 0.29) is 5.91 Å². The van der Waals surface area contributed by atoms with Crippen LogP contribution in [0.2, 0.25) is 0 Å². The number of allylic oxidation sites excluding steroid dienone is 1. The van der Waals surface area contributed by atoms with E-state index < -0.39 is 0 Å². The largest absolute Gasteiger partial charge is 0.397 e. The minimum atomic E-state index is -0.293. The van der Waals surface area contributed by atoms with Crippen LogP contribution in [0.3, 0.4) is 0 Å². The van der Waals surface area contributed by atoms with Gasteiger partial charge in [-0.2, -0.15) is 0 Å². The third kappa shape index (κ3) is 3.70. The van der Waals surface area contributed by atoms with Crippen LogP contribution in [0, 0.1) is 6.92 Å². The first-order chi connectivity index (χ1) is 8.45. The molecule has 0 aliphatic carbocycles. The third-order valence-electron chi connectivity index (χ3n) is 2.25. The minimum Gasteiger partial charge on any atom is -0.397 e. The first-order valence-electron chi connectivity index (χ1n) is 5.48. The van der Waals surface area contributed by atoms with Crippen LogP contribution in [0.25, 0.3) is 0 Å². The van der Waals surface area contributed by atoms with Crippen LogP contribution in [0.5, 0.6) is 0 Å². The molecule has 0 aromatic heterocycles. The minimum absolute atomic E-state index is 0.293. The predicted octanol–water partition coefficient (Wildman–Crippen LogP) is 3.23. The Hall–Kier alpha value is -1.62. The van der Waals surface area contributed by atoms with Gasteiger partial charge in [-0.3, -0.25) is 9.79 Å². The van der Waals surface area contributed by atoms with E-state index in [4.69, 9.17) is 5.73 Å². The lowest BCUT2D eigenvalue weighted by Gasteiger charge is -2.09. The van der Waals surface area contributed by atoms with Gasteiger partial charge in [0, 0.05) is 10.7 Å². The van der Waals surface area contributed by atoms with Gasteiger partial charge in [0.25, 0.3) is 5.91 Å². The average Bonchev–Trinajstić information content (AvgIpc) is 2.29. The zero-order chi connectivity index (χ0) is 13.7. The Morgan fingerprint density at radius 3 is 2.67 bits per heavy atom. The smallest absolute Gasteiger partial charge is 0.275 e. The lowest BCUT2D eigenvalue weighted by atomic mass is 10.2. The summed E-state index contributed by atoms with van der Waals surface area (Å²) in [5.74, 6) is -0.293. The second-order valence-electron chi connectivity index (χ2n) is 3.81. The van der Waals surface area contributed by atoms with Gasteiger partial charge in [-0.25, -0.2) is 0 Å². The number of nitrogens with one attached hydrogen (secondary N) is 1. The van der Waals surface area contributed by atoms with Crippen LogP contribution in [0.15, 0.2) is 33.4 Å². The van der Waals surface area contributed by atoms with E-state index in [1.807, 2.05) is 19.1 Å². The maximum Gasteiger partial charge on any atom is 0.275 e. The summed E-state index contributed by atoms with van der Waals surface area (Å²) in [7, 11) is 0. The predicted molar refractivity (Wildman–Crippen MR) is 80.0 cm³/mol. The summed E-state index contributed by atoms with van der Waals surface area (Å²) in [4.78, 5) is 16.0. The Morgan fingerprint density at radius 1 is 1.50 bits per heavy atom. The molecule has 0 atom stereocenters. The lowest BCUT2D eigenvalue weighted by molar-refractivity contribution is -0.112. The summed E-state index contributed by atoms with van der Waals surface area (Å²) in [6.45, 7) is 5.46. The van der Waals surface area contributed by atoms with Crippen molar-refractivity contribution in [2.45, 2.75) is 20.8 Å². The fourth-order valence-corrected chi connectivity index (χ4v) is 1.69. The van der Waals surface area contributed by atoms with Crippen molar-refractivity contribution in [3.63, 3.8) is 0 Å². The number of hydrogen-bond donors (Lipinski definition) is 2. The summed E-state index contributed by atoms with van der Waals surface area (Å²) in [5, 5.41) is 2.74. The van der Waals surface area contributed by atoms with Crippen molar-refractivity contribution in [3.05, 3.63) is 33.9 Å². The van der Waals surface area contributed by atoms with Gasteiger partial charge >= 0.3 is 0 Å². The van der Waals surface area contributed by atoms with E-state index in [2.05, 4.69) is 26.2 Å². The van der Waals surface area contributed by atoms with Crippen LogP contribution in [0.1, 0.15) is 19.4 Å². The van der Waals surface area contributed by atoms with Gasteiger partial charge in [-0.15, -0.1) is 0 Å². The van der Waals surface area contributed by atoms with E-state index in [0.29, 0.717) is 21.6 Å². The second kappa shape index (κ2) is 6.35. The maximum absolute atomic E-state index is 12.0. The summed E-state index contributed by atoms with van der Waals surface area (Å²) in [6.07, 6.45) is 1.57. The molecule has 0 unspecified atom stereocenters. The Morgan fingerprint density at radius 2 is 2.17 bits per heavy atom. The summed E-state index contributed by atoms with van der Waals surface area (Å²) < 4.78 is 0.670. The van der Waals surface area contributed by atoms with Crippen LogP contribution in [0.4, 0.5) is 11.4 Å². The van der Waals surface area contributed by atoms with Crippen molar-refractivity contribution in [2.24, 2.45) is 4.99 Å². The highest BCUT2D eigenvalue weighted by molar-refractivity contribution is 9.11. The Labute approximate surface area is 115 Å². The van der Waals surface area contributed by atoms with E-state index in [1.165, 1.54) is 0 Å². The molecule has 3 N–H and O–H groups in total. The molecule has 18 heavy (non-hydrogen) atoms. The normalized spacial score (nSPS) is 12.4. The molecule has 0 aliphatic heterocycles. The van der Waals surface area contributed by atoms with Crippen molar-refractivity contribution in [1.82, 2.24) is 0 Å². The number of hydrogen-bond acceptors (Lipinski definition) is 3. The average molecular weight is 310 g/mol. The molecule has 0 saturated carbocycles. The molecule has 0 heterocycles. The SMILES string of the molecule is CC=N/C(C(=O)Nc1ccc(C)cc1N)=C(\C)Br. The molecule has 96 valence electrons. The number of halogens is 1. The van der Waals surface area contributed by atoms with Crippen LogP contribution in [-0.2, 0) is 4.79 Å². The molecule has 0 spiro atoms. The van der Waals surface area contributed by atoms with Gasteiger partial charge < -0.3 is 11.1 Å². The number of carbonyl (C=O) groups excluding carboxylic acids is 1. The molecule has 0 fully saturated rings. The molecule has 1 rings (SSSR count). The molecule has 0 bridgehead atoms. The van der Waals surface area contributed by atoms with Crippen molar-refractivity contribution in [2.75, 3.05) is 11.1 Å². The number of amides is 1. The molecular formula is C13H16BrN3O. The Kier molecular flexibility index (Phi) is 5.09. The van der Waals surface area contributed by atoms with Crippen LogP contribution >= 0.6 is 15.9 Å². The number of aryl methyl sites for hydroxylation is 1. The molecule has 5 heteroatoms. The first kappa shape index (κ1) is 14.4. The molecule has 1 aromatic carbocycles. The topological polar surface area (TPSA) is 67.5 Å². The molecule has 0 aliphatic rings. The van der Waals surface area contributed by atoms with E-state index in [1.54, 1.807) is 26.1 Å². The number of carbonyl (C=O) groups is 1. The number of nitrogens with two attached hydrogens (primary N) is 1. The Balaban J connectivity index is 2.97. The summed E-state index contributed by atoms with van der Waals surface area (Å²) in [5.41, 5.74) is 8.34. The number of nitrogens with zero attached hydrogens (tertiary/aromatic N) is 1. The quantitative estimate of drug-likeness (QED) is 0.511. The van der Waals surface area contributed by atoms with Crippen molar-refractivity contribution in [1.29, 1.82) is 0 Å². The van der Waals surface area contributed by atoms with Crippen molar-refractivity contribution >= 4 is 39.4 Å². The van der Waals surface area contributed by atoms with Gasteiger partial charge in [0.1, 0.15) is 5.70 Å². The number of benzene rings is 1. The van der Waals surface area contributed by atoms with Crippen LogP contribution in [-0.4, -0.2) is 12.1 Å². The molecule has 0 saturated heterocycles. The van der Waals surface area contributed by atoms with Crippen LogP contribution < -0.4 is 11.1 Å². The monoisotopic (exact) mass is 309 g/mol. The zero-order valence-corrected chi connectivity index (χ0v) is 12.2. The molecule has 1 aromatic rings. The maximum atomic E-state index is 12.0. The van der Waals surface area contributed by atoms with Crippen molar-refractivity contribution < 1.29 is 4.79 Å². The third-order valence-corrected chi connectivity index (χ3v) is 2.63. The Bertz CT molecular complexity index is 517. The highest BCUT2D eigenvalue weighted by atomic mass is 79.9. The lowest BCUT2D eigenvalue weighted by Crippen LogP contribution is -2.15. The number of rotatable bonds is 3. The van der Waals surface area contributed by atoms with Gasteiger partial charge in [0.2, 0.25) is 0 Å². The van der Waals surface area contributed by atoms with Gasteiger partial charge in [0.05, 0.1) is 11.4 Å². The van der Waals surface area contributed by atoms with E-state index in [9.17, 15) is 4.79 Å². The standard InChI is InChI=1S/C13H16BrN3O/c1-4-16-12(9(3)14)13(18)17-11-6-5-8(2)7-10(11)15/h4-7H,15H2,1-3H3,(H,17,18)/b12-9+,16-4?. The summed E-state index contributed by atoms with van der Waals surface area (Å²) in [6, 6.07) is 5.47. The van der Waals surface area contributed by atoms with Gasteiger partial charge in [-0.05, 0) is 38.5 Å². The number of nitrogen functional groups attached to an aromatic ring is 1. The highest BCUT2D eigenvalue weighted by Crippen LogP contribution is 2.21. The molecular weight excluding hydrogens is 294 g/mol. The first-order valence-corrected chi connectivity index (χ1v) is 6.27. The molecule has 4 nitrogen and oxygen atoms in total.